The lowest BCUT2D eigenvalue weighted by Gasteiger charge is -2.20. The number of hydrogen-bond donors (Lipinski definition) is 1. The minimum absolute atomic E-state index is 0.0286. The summed E-state index contributed by atoms with van der Waals surface area (Å²) >= 11 is 0. The summed E-state index contributed by atoms with van der Waals surface area (Å²) in [4.78, 5) is 33.8. The van der Waals surface area contributed by atoms with Gasteiger partial charge in [-0.1, -0.05) is 0 Å². The van der Waals surface area contributed by atoms with Crippen LogP contribution in [0.2, 0.25) is 0 Å². The van der Waals surface area contributed by atoms with E-state index in [9.17, 15) is 14.0 Å². The molecule has 134 valence electrons. The van der Waals surface area contributed by atoms with Crippen LogP contribution in [0.4, 0.5) is 10.1 Å². The van der Waals surface area contributed by atoms with Crippen molar-refractivity contribution in [2.24, 2.45) is 5.73 Å². The normalized spacial score (nSPS) is 10.9. The number of amides is 2. The maximum atomic E-state index is 13.2. The van der Waals surface area contributed by atoms with Crippen LogP contribution in [-0.2, 0) is 4.79 Å². The molecule has 0 unspecified atom stereocenters. The molecule has 3 aromatic rings. The van der Waals surface area contributed by atoms with Gasteiger partial charge in [0.1, 0.15) is 5.82 Å². The number of anilines is 1. The third kappa shape index (κ3) is 3.51. The van der Waals surface area contributed by atoms with Crippen LogP contribution in [0.1, 0.15) is 28.4 Å². The highest BCUT2D eigenvalue weighted by Gasteiger charge is 2.23. The van der Waals surface area contributed by atoms with E-state index in [0.717, 1.165) is 11.4 Å². The van der Waals surface area contributed by atoms with Crippen LogP contribution in [0.15, 0.2) is 30.3 Å². The predicted octanol–water partition coefficient (Wildman–Crippen LogP) is 1.40. The quantitative estimate of drug-likeness (QED) is 0.744. The lowest BCUT2D eigenvalue weighted by Crippen LogP contribution is -2.34. The molecule has 0 bridgehead atoms. The van der Waals surface area contributed by atoms with Crippen molar-refractivity contribution < 1.29 is 14.0 Å². The number of carbonyl (C=O) groups excluding carboxylic acids is 2. The molecule has 2 heterocycles. The van der Waals surface area contributed by atoms with Crippen molar-refractivity contribution in [2.45, 2.75) is 20.3 Å². The Morgan fingerprint density at radius 2 is 1.88 bits per heavy atom. The van der Waals surface area contributed by atoms with Crippen LogP contribution in [-0.4, -0.2) is 37.9 Å². The second-order valence-electron chi connectivity index (χ2n) is 5.84. The van der Waals surface area contributed by atoms with Crippen molar-refractivity contribution in [1.29, 1.82) is 0 Å². The van der Waals surface area contributed by atoms with Crippen LogP contribution in [0.5, 0.6) is 0 Å². The Morgan fingerprint density at radius 3 is 2.54 bits per heavy atom. The predicted molar refractivity (Wildman–Crippen MR) is 92.1 cm³/mol. The fraction of sp³-hybridized carbons (Fsp3) is 0.235. The van der Waals surface area contributed by atoms with E-state index in [1.807, 2.05) is 19.9 Å². The molecule has 0 saturated carbocycles. The molecule has 0 fully saturated rings. The molecule has 8 nitrogen and oxygen atoms in total. The van der Waals surface area contributed by atoms with Crippen LogP contribution in [0.3, 0.4) is 0 Å². The summed E-state index contributed by atoms with van der Waals surface area (Å²) in [6.45, 7) is 3.68. The summed E-state index contributed by atoms with van der Waals surface area (Å²) in [5, 5.41) is 4.21. The Bertz CT molecular complexity index is 983. The zero-order chi connectivity index (χ0) is 18.8. The Morgan fingerprint density at radius 1 is 1.19 bits per heavy atom. The van der Waals surface area contributed by atoms with Crippen LogP contribution >= 0.6 is 0 Å². The molecule has 1 aromatic carbocycles. The Hall–Kier alpha value is -3.36. The molecule has 0 atom stereocenters. The first-order valence-electron chi connectivity index (χ1n) is 7.92. The number of aryl methyl sites for hydroxylation is 2. The third-order valence-corrected chi connectivity index (χ3v) is 3.77. The van der Waals surface area contributed by atoms with Crippen molar-refractivity contribution in [2.75, 3.05) is 11.4 Å². The van der Waals surface area contributed by atoms with Gasteiger partial charge < -0.3 is 10.6 Å². The van der Waals surface area contributed by atoms with Gasteiger partial charge in [-0.05, 0) is 44.2 Å². The minimum atomic E-state index is -0.555. The van der Waals surface area contributed by atoms with Gasteiger partial charge in [-0.15, -0.1) is 5.10 Å². The highest BCUT2D eigenvalue weighted by Crippen LogP contribution is 2.18. The lowest BCUT2D eigenvalue weighted by atomic mass is 10.2. The first-order chi connectivity index (χ1) is 12.3. The summed E-state index contributed by atoms with van der Waals surface area (Å²) in [6, 6.07) is 7.16. The molecule has 9 heteroatoms. The van der Waals surface area contributed by atoms with Crippen molar-refractivity contribution in [1.82, 2.24) is 19.6 Å². The Labute approximate surface area is 148 Å². The average molecular weight is 356 g/mol. The van der Waals surface area contributed by atoms with Crippen molar-refractivity contribution in [3.8, 4) is 0 Å². The fourth-order valence-corrected chi connectivity index (χ4v) is 2.57. The van der Waals surface area contributed by atoms with E-state index in [0.29, 0.717) is 11.5 Å². The first-order valence-corrected chi connectivity index (χ1v) is 7.92. The van der Waals surface area contributed by atoms with Gasteiger partial charge in [-0.25, -0.2) is 13.9 Å². The largest absolute Gasteiger partial charge is 0.370 e. The third-order valence-electron chi connectivity index (χ3n) is 3.77. The van der Waals surface area contributed by atoms with E-state index in [4.69, 9.17) is 5.73 Å². The zero-order valence-electron chi connectivity index (χ0n) is 14.3. The molecule has 0 aliphatic carbocycles. The van der Waals surface area contributed by atoms with E-state index in [1.165, 1.54) is 33.7 Å². The highest BCUT2D eigenvalue weighted by atomic mass is 19.1. The van der Waals surface area contributed by atoms with Gasteiger partial charge in [-0.2, -0.15) is 4.98 Å². The molecule has 2 aromatic heterocycles. The zero-order valence-corrected chi connectivity index (χ0v) is 14.3. The van der Waals surface area contributed by atoms with Gasteiger partial charge in [0.05, 0.1) is 0 Å². The number of primary amides is 1. The van der Waals surface area contributed by atoms with Gasteiger partial charge in [0.25, 0.3) is 11.7 Å². The van der Waals surface area contributed by atoms with E-state index < -0.39 is 17.6 Å². The molecule has 2 amide bonds. The first kappa shape index (κ1) is 17.5. The highest BCUT2D eigenvalue weighted by molar-refractivity contribution is 6.04. The van der Waals surface area contributed by atoms with Crippen LogP contribution in [0, 0.1) is 19.7 Å². The summed E-state index contributed by atoms with van der Waals surface area (Å²) in [5.41, 5.74) is 7.15. The molecule has 0 saturated heterocycles. The van der Waals surface area contributed by atoms with Gasteiger partial charge >= 0.3 is 0 Å². The lowest BCUT2D eigenvalue weighted by molar-refractivity contribution is -0.117. The number of nitrogens with two attached hydrogens (primary N) is 1. The summed E-state index contributed by atoms with van der Waals surface area (Å²) < 4.78 is 14.7. The number of rotatable bonds is 5. The number of halogens is 1. The second-order valence-corrected chi connectivity index (χ2v) is 5.84. The molecule has 26 heavy (non-hydrogen) atoms. The maximum Gasteiger partial charge on any atom is 0.298 e. The van der Waals surface area contributed by atoms with E-state index in [-0.39, 0.29) is 18.8 Å². The van der Waals surface area contributed by atoms with Crippen LogP contribution in [0.25, 0.3) is 5.78 Å². The number of carbonyl (C=O) groups is 2. The molecular weight excluding hydrogens is 339 g/mol. The fourth-order valence-electron chi connectivity index (χ4n) is 2.57. The van der Waals surface area contributed by atoms with Crippen molar-refractivity contribution >= 4 is 23.3 Å². The number of aromatic nitrogens is 4. The Balaban J connectivity index is 2.00. The number of hydrogen-bond acceptors (Lipinski definition) is 5. The summed E-state index contributed by atoms with van der Waals surface area (Å²) in [7, 11) is 0. The molecule has 0 spiro atoms. The molecule has 2 N–H and O–H groups in total. The average Bonchev–Trinajstić information content (AvgIpc) is 3.00. The van der Waals surface area contributed by atoms with Crippen molar-refractivity contribution in [3.63, 3.8) is 0 Å². The van der Waals surface area contributed by atoms with Gasteiger partial charge in [0, 0.05) is 30.0 Å². The van der Waals surface area contributed by atoms with E-state index >= 15 is 0 Å². The smallest absolute Gasteiger partial charge is 0.298 e. The minimum Gasteiger partial charge on any atom is -0.370 e. The van der Waals surface area contributed by atoms with Crippen molar-refractivity contribution in [3.05, 3.63) is 53.4 Å². The topological polar surface area (TPSA) is 106 Å². The monoisotopic (exact) mass is 356 g/mol. The van der Waals surface area contributed by atoms with E-state index in [1.54, 1.807) is 0 Å². The standard InChI is InChI=1S/C17H17FN6O2/c1-10-9-11(2)24-17(20-10)21-15(22-24)16(26)23(8-7-14(19)25)13-5-3-12(18)4-6-13/h3-6,9H,7-8H2,1-2H3,(H2,19,25). The summed E-state index contributed by atoms with van der Waals surface area (Å²) in [6.07, 6.45) is -0.0487. The van der Waals surface area contributed by atoms with E-state index in [2.05, 4.69) is 15.1 Å². The summed E-state index contributed by atoms with van der Waals surface area (Å²) in [5.74, 6) is -1.28. The molecular formula is C17H17FN6O2. The number of fused-ring (bicyclic) bond motifs is 1. The van der Waals surface area contributed by atoms with Gasteiger partial charge in [0.15, 0.2) is 0 Å². The Kier molecular flexibility index (Phi) is 4.61. The number of benzene rings is 1. The van der Waals surface area contributed by atoms with Crippen LogP contribution < -0.4 is 10.6 Å². The van der Waals surface area contributed by atoms with Gasteiger partial charge in [0.2, 0.25) is 11.7 Å². The maximum absolute atomic E-state index is 13.2. The second kappa shape index (κ2) is 6.87. The van der Waals surface area contributed by atoms with Gasteiger partial charge in [-0.3, -0.25) is 9.59 Å². The SMILES string of the molecule is Cc1cc(C)n2nc(C(=O)N(CCC(N)=O)c3ccc(F)cc3)nc2n1. The number of nitrogens with zero attached hydrogens (tertiary/aromatic N) is 5. The molecule has 3 rings (SSSR count). The molecule has 0 radical (unpaired) electrons. The molecule has 0 aliphatic rings. The molecule has 0 aliphatic heterocycles.